The standard InChI is InChI=1S/C15H19BrFNO2/c16-8-9-18(12-4-2-1-3-5-12)15(20)13-7-6-11(17)10-14(13)19/h6-7,10,12,19H,1-5,8-9H2. The van der Waals surface area contributed by atoms with Crippen LogP contribution in [0.15, 0.2) is 18.2 Å². The largest absolute Gasteiger partial charge is 0.507 e. The zero-order valence-corrected chi connectivity index (χ0v) is 12.9. The first kappa shape index (κ1) is 15.3. The van der Waals surface area contributed by atoms with E-state index in [-0.39, 0.29) is 23.3 Å². The second-order valence-electron chi connectivity index (χ2n) is 5.14. The molecule has 110 valence electrons. The predicted molar refractivity (Wildman–Crippen MR) is 79.8 cm³/mol. The molecular formula is C15H19BrFNO2. The van der Waals surface area contributed by atoms with E-state index in [1.54, 1.807) is 4.90 Å². The van der Waals surface area contributed by atoms with E-state index >= 15 is 0 Å². The zero-order chi connectivity index (χ0) is 14.5. The summed E-state index contributed by atoms with van der Waals surface area (Å²) in [5.41, 5.74) is 0.179. The fraction of sp³-hybridized carbons (Fsp3) is 0.533. The third-order valence-electron chi connectivity index (χ3n) is 3.79. The van der Waals surface area contributed by atoms with Gasteiger partial charge in [-0.2, -0.15) is 0 Å². The summed E-state index contributed by atoms with van der Waals surface area (Å²) in [6.45, 7) is 0.598. The SMILES string of the molecule is O=C(c1ccc(F)cc1O)N(CCBr)C1CCCCC1. The highest BCUT2D eigenvalue weighted by atomic mass is 79.9. The van der Waals surface area contributed by atoms with Crippen LogP contribution in [-0.2, 0) is 0 Å². The van der Waals surface area contributed by atoms with Crippen LogP contribution in [-0.4, -0.2) is 33.8 Å². The molecule has 0 atom stereocenters. The Morgan fingerprint density at radius 2 is 2.05 bits per heavy atom. The van der Waals surface area contributed by atoms with Gasteiger partial charge in [0.25, 0.3) is 5.91 Å². The first-order valence-corrected chi connectivity index (χ1v) is 8.11. The maximum atomic E-state index is 13.0. The minimum atomic E-state index is -0.538. The van der Waals surface area contributed by atoms with Gasteiger partial charge in [-0.3, -0.25) is 4.79 Å². The number of aromatic hydroxyl groups is 1. The van der Waals surface area contributed by atoms with Crippen molar-refractivity contribution in [2.24, 2.45) is 0 Å². The minimum absolute atomic E-state index is 0.179. The summed E-state index contributed by atoms with van der Waals surface area (Å²) in [4.78, 5) is 14.4. The van der Waals surface area contributed by atoms with E-state index in [0.717, 1.165) is 31.7 Å². The lowest BCUT2D eigenvalue weighted by Crippen LogP contribution is -2.42. The fourth-order valence-electron chi connectivity index (χ4n) is 2.77. The van der Waals surface area contributed by atoms with Gasteiger partial charge in [0.15, 0.2) is 0 Å². The number of carbonyl (C=O) groups excluding carboxylic acids is 1. The molecule has 1 aromatic rings. The number of halogens is 2. The molecule has 0 unspecified atom stereocenters. The smallest absolute Gasteiger partial charge is 0.257 e. The van der Waals surface area contributed by atoms with Crippen molar-refractivity contribution in [2.45, 2.75) is 38.1 Å². The first-order valence-electron chi connectivity index (χ1n) is 6.99. The third-order valence-corrected chi connectivity index (χ3v) is 4.15. The van der Waals surface area contributed by atoms with Crippen LogP contribution in [0.3, 0.4) is 0 Å². The van der Waals surface area contributed by atoms with Crippen molar-refractivity contribution in [1.82, 2.24) is 4.90 Å². The molecule has 5 heteroatoms. The number of hydrogen-bond acceptors (Lipinski definition) is 2. The highest BCUT2D eigenvalue weighted by Gasteiger charge is 2.27. The summed E-state index contributed by atoms with van der Waals surface area (Å²) in [5.74, 6) is -1.04. The zero-order valence-electron chi connectivity index (χ0n) is 11.3. The Morgan fingerprint density at radius 3 is 2.65 bits per heavy atom. The summed E-state index contributed by atoms with van der Waals surface area (Å²) >= 11 is 3.37. The molecule has 1 fully saturated rings. The normalized spacial score (nSPS) is 16.1. The summed E-state index contributed by atoms with van der Waals surface area (Å²) in [7, 11) is 0. The lowest BCUT2D eigenvalue weighted by Gasteiger charge is -2.34. The Bertz CT molecular complexity index is 475. The maximum absolute atomic E-state index is 13.0. The summed E-state index contributed by atoms with van der Waals surface area (Å²) in [5, 5.41) is 10.5. The van der Waals surface area contributed by atoms with Gasteiger partial charge < -0.3 is 10.0 Å². The molecule has 3 nitrogen and oxygen atoms in total. The van der Waals surface area contributed by atoms with Crippen LogP contribution in [0.2, 0.25) is 0 Å². The Hall–Kier alpha value is -1.10. The van der Waals surface area contributed by atoms with Crippen LogP contribution in [0.1, 0.15) is 42.5 Å². The monoisotopic (exact) mass is 343 g/mol. The van der Waals surface area contributed by atoms with Crippen molar-refractivity contribution >= 4 is 21.8 Å². The average Bonchev–Trinajstić information content (AvgIpc) is 2.45. The lowest BCUT2D eigenvalue weighted by atomic mass is 9.93. The van der Waals surface area contributed by atoms with Crippen molar-refractivity contribution in [3.05, 3.63) is 29.6 Å². The molecular weight excluding hydrogens is 325 g/mol. The molecule has 1 amide bonds. The topological polar surface area (TPSA) is 40.5 Å². The van der Waals surface area contributed by atoms with Gasteiger partial charge in [-0.05, 0) is 25.0 Å². The van der Waals surface area contributed by atoms with Gasteiger partial charge in [0.05, 0.1) is 5.56 Å². The molecule has 0 radical (unpaired) electrons. The van der Waals surface area contributed by atoms with E-state index in [9.17, 15) is 14.3 Å². The van der Waals surface area contributed by atoms with E-state index in [1.165, 1.54) is 18.6 Å². The van der Waals surface area contributed by atoms with Crippen molar-refractivity contribution in [2.75, 3.05) is 11.9 Å². The van der Waals surface area contributed by atoms with Gasteiger partial charge in [0.1, 0.15) is 11.6 Å². The molecule has 0 aliphatic heterocycles. The van der Waals surface area contributed by atoms with E-state index in [1.807, 2.05) is 0 Å². The number of amides is 1. The molecule has 0 heterocycles. The number of hydrogen-bond donors (Lipinski definition) is 1. The second kappa shape index (κ2) is 7.07. The Morgan fingerprint density at radius 1 is 1.35 bits per heavy atom. The summed E-state index contributed by atoms with van der Waals surface area (Å²) in [6.07, 6.45) is 5.48. The Labute approximate surface area is 126 Å². The molecule has 0 aromatic heterocycles. The molecule has 1 aromatic carbocycles. The minimum Gasteiger partial charge on any atom is -0.507 e. The number of alkyl halides is 1. The first-order chi connectivity index (χ1) is 9.63. The van der Waals surface area contributed by atoms with E-state index < -0.39 is 5.82 Å². The van der Waals surface area contributed by atoms with Crippen LogP contribution < -0.4 is 0 Å². The number of phenolic OH excluding ortho intramolecular Hbond substituents is 1. The Balaban J connectivity index is 2.21. The van der Waals surface area contributed by atoms with Crippen molar-refractivity contribution in [3.8, 4) is 5.75 Å². The highest BCUT2D eigenvalue weighted by molar-refractivity contribution is 9.09. The molecule has 1 aliphatic rings. The maximum Gasteiger partial charge on any atom is 0.257 e. The number of rotatable bonds is 4. The summed E-state index contributed by atoms with van der Waals surface area (Å²) < 4.78 is 13.0. The van der Waals surface area contributed by atoms with Crippen LogP contribution in [0, 0.1) is 5.82 Å². The van der Waals surface area contributed by atoms with E-state index in [4.69, 9.17) is 0 Å². The number of phenols is 1. The van der Waals surface area contributed by atoms with Crippen LogP contribution in [0.4, 0.5) is 4.39 Å². The van der Waals surface area contributed by atoms with E-state index in [0.29, 0.717) is 11.9 Å². The Kier molecular flexibility index (Phi) is 5.40. The van der Waals surface area contributed by atoms with Gasteiger partial charge in [-0.25, -0.2) is 4.39 Å². The molecule has 2 rings (SSSR count). The molecule has 1 aliphatic carbocycles. The third kappa shape index (κ3) is 3.51. The molecule has 0 bridgehead atoms. The molecule has 0 spiro atoms. The van der Waals surface area contributed by atoms with Crippen molar-refractivity contribution < 1.29 is 14.3 Å². The lowest BCUT2D eigenvalue weighted by molar-refractivity contribution is 0.0648. The highest BCUT2D eigenvalue weighted by Crippen LogP contribution is 2.26. The summed E-state index contributed by atoms with van der Waals surface area (Å²) in [6, 6.07) is 3.77. The second-order valence-corrected chi connectivity index (χ2v) is 5.93. The fourth-order valence-corrected chi connectivity index (χ4v) is 3.16. The molecule has 1 saturated carbocycles. The number of benzene rings is 1. The number of carbonyl (C=O) groups is 1. The van der Waals surface area contributed by atoms with E-state index in [2.05, 4.69) is 15.9 Å². The van der Waals surface area contributed by atoms with Crippen LogP contribution in [0.25, 0.3) is 0 Å². The quantitative estimate of drug-likeness (QED) is 0.846. The van der Waals surface area contributed by atoms with Crippen molar-refractivity contribution in [3.63, 3.8) is 0 Å². The predicted octanol–water partition coefficient (Wildman–Crippen LogP) is 3.70. The van der Waals surface area contributed by atoms with Crippen LogP contribution in [0.5, 0.6) is 5.75 Å². The van der Waals surface area contributed by atoms with Gasteiger partial charge in [-0.15, -0.1) is 0 Å². The van der Waals surface area contributed by atoms with Crippen LogP contribution >= 0.6 is 15.9 Å². The molecule has 20 heavy (non-hydrogen) atoms. The molecule has 1 N–H and O–H groups in total. The van der Waals surface area contributed by atoms with Gasteiger partial charge in [0.2, 0.25) is 0 Å². The van der Waals surface area contributed by atoms with Crippen molar-refractivity contribution in [1.29, 1.82) is 0 Å². The van der Waals surface area contributed by atoms with Gasteiger partial charge in [0, 0.05) is 24.0 Å². The average molecular weight is 344 g/mol. The van der Waals surface area contributed by atoms with Gasteiger partial charge >= 0.3 is 0 Å². The molecule has 0 saturated heterocycles. The number of nitrogens with zero attached hydrogens (tertiary/aromatic N) is 1. The van der Waals surface area contributed by atoms with Gasteiger partial charge in [-0.1, -0.05) is 35.2 Å².